The number of nitrogens with zero attached hydrogens (tertiary/aromatic N) is 3. The molecule has 2 saturated heterocycles. The summed E-state index contributed by atoms with van der Waals surface area (Å²) in [5, 5.41) is 11.1. The summed E-state index contributed by atoms with van der Waals surface area (Å²) in [6.45, 7) is 10.3. The minimum atomic E-state index is -1.09. The van der Waals surface area contributed by atoms with Crippen LogP contribution in [0.3, 0.4) is 0 Å². The van der Waals surface area contributed by atoms with Crippen LogP contribution in [0.2, 0.25) is 0 Å². The van der Waals surface area contributed by atoms with Gasteiger partial charge in [0.05, 0.1) is 43.2 Å². The summed E-state index contributed by atoms with van der Waals surface area (Å²) in [4.78, 5) is 48.3. The van der Waals surface area contributed by atoms with E-state index in [1.54, 1.807) is 0 Å². The van der Waals surface area contributed by atoms with Gasteiger partial charge in [0.1, 0.15) is 30.6 Å². The number of aliphatic carboxylic acids is 1. The molecule has 1 aromatic heterocycles. The predicted octanol–water partition coefficient (Wildman–Crippen LogP) is 4.48. The monoisotopic (exact) mass is 651 g/mol. The number of carboxylic acids is 1. The molecule has 6 rings (SSSR count). The Labute approximate surface area is 276 Å². The second-order valence-electron chi connectivity index (χ2n) is 14.6. The van der Waals surface area contributed by atoms with E-state index in [1.807, 2.05) is 45.0 Å². The van der Waals surface area contributed by atoms with Crippen LogP contribution in [0.5, 0.6) is 11.6 Å². The van der Waals surface area contributed by atoms with Crippen molar-refractivity contribution in [2.24, 2.45) is 17.3 Å². The number of rotatable bonds is 5. The number of aromatic nitrogens is 1. The Hall–Kier alpha value is -3.44. The molecule has 0 unspecified atom stereocenters. The zero-order valence-corrected chi connectivity index (χ0v) is 27.9. The van der Waals surface area contributed by atoms with Crippen molar-refractivity contribution in [3.05, 3.63) is 29.8 Å². The molecule has 2 aromatic rings. The molecular weight excluding hydrogens is 602 g/mol. The Bertz CT molecular complexity index is 1450. The van der Waals surface area contributed by atoms with Crippen molar-refractivity contribution in [2.45, 2.75) is 90.4 Å². The van der Waals surface area contributed by atoms with Gasteiger partial charge in [0.25, 0.3) is 0 Å². The molecule has 11 heteroatoms. The molecule has 3 fully saturated rings. The summed E-state index contributed by atoms with van der Waals surface area (Å²) in [7, 11) is 0. The molecule has 0 spiro atoms. The molecule has 4 aliphatic rings. The van der Waals surface area contributed by atoms with Crippen molar-refractivity contribution in [1.29, 1.82) is 0 Å². The molecule has 1 saturated carbocycles. The molecule has 11 nitrogen and oxygen atoms in total. The molecule has 1 aliphatic carbocycles. The summed E-state index contributed by atoms with van der Waals surface area (Å²) >= 11 is 0. The predicted molar refractivity (Wildman–Crippen MR) is 174 cm³/mol. The van der Waals surface area contributed by atoms with Crippen LogP contribution < -0.4 is 9.47 Å². The first-order chi connectivity index (χ1) is 22.6. The fraction of sp³-hybridized carbons (Fsp3) is 0.667. The van der Waals surface area contributed by atoms with Gasteiger partial charge >= 0.3 is 11.9 Å². The molecule has 1 amide bonds. The second kappa shape index (κ2) is 14.4. The van der Waals surface area contributed by atoms with Crippen LogP contribution in [0.1, 0.15) is 71.3 Å². The maximum absolute atomic E-state index is 14.1. The number of hydrogen-bond acceptors (Lipinski definition) is 9. The Morgan fingerprint density at radius 2 is 1.85 bits per heavy atom. The van der Waals surface area contributed by atoms with Gasteiger partial charge in [-0.25, -0.2) is 9.78 Å². The molecule has 2 bridgehead atoms. The van der Waals surface area contributed by atoms with Crippen molar-refractivity contribution in [2.75, 3.05) is 46.0 Å². The lowest BCUT2D eigenvalue weighted by Gasteiger charge is -2.33. The number of para-hydroxylation sites is 1. The molecule has 3 aliphatic heterocycles. The van der Waals surface area contributed by atoms with E-state index >= 15 is 0 Å². The molecule has 1 aromatic carbocycles. The van der Waals surface area contributed by atoms with E-state index in [9.17, 15) is 19.5 Å². The second-order valence-corrected chi connectivity index (χ2v) is 14.6. The molecule has 1 N–H and O–H groups in total. The summed E-state index contributed by atoms with van der Waals surface area (Å²) in [5.74, 6) is -1.03. The third-order valence-electron chi connectivity index (χ3n) is 10.1. The standard InChI is InChI=1S/C36H49N3O8/c1-36(2,3)27-21-31(40)47-30-19-23(30)9-5-4-6-11-26-32(45-18-15-38-13-16-44-17-14-38)25-10-7-8-12-28(25)37-33(26)46-24-20-29(35(42)43)39(22-24)34(27)41/h7-8,10,12,23-24,27,29-30H,4-6,9,11,13-22H2,1-3H3,(H,42,43)/t23-,24-,27-,29+,30-/m1/s1. The number of amides is 1. The average Bonchev–Trinajstić information content (AvgIpc) is 3.62. The molecule has 4 heterocycles. The number of hydrogen-bond donors (Lipinski definition) is 1. The highest BCUT2D eigenvalue weighted by molar-refractivity contribution is 5.89. The van der Waals surface area contributed by atoms with Gasteiger partial charge in [-0.05, 0) is 49.1 Å². The number of morpholine rings is 1. The van der Waals surface area contributed by atoms with Crippen molar-refractivity contribution in [1.82, 2.24) is 14.8 Å². The summed E-state index contributed by atoms with van der Waals surface area (Å²) in [6, 6.07) is 6.80. The summed E-state index contributed by atoms with van der Waals surface area (Å²) in [5.41, 5.74) is 1.04. The average molecular weight is 652 g/mol. The highest BCUT2D eigenvalue weighted by Crippen LogP contribution is 2.41. The summed E-state index contributed by atoms with van der Waals surface area (Å²) < 4.78 is 24.5. The maximum Gasteiger partial charge on any atom is 0.326 e. The topological polar surface area (TPSA) is 128 Å². The van der Waals surface area contributed by atoms with E-state index < -0.39 is 35.4 Å². The number of benzene rings is 1. The van der Waals surface area contributed by atoms with Crippen LogP contribution in [0.15, 0.2) is 24.3 Å². The lowest BCUT2D eigenvalue weighted by Crippen LogP contribution is -2.47. The lowest BCUT2D eigenvalue weighted by molar-refractivity contribution is -0.156. The Kier molecular flexibility index (Phi) is 10.2. The Morgan fingerprint density at radius 3 is 2.62 bits per heavy atom. The SMILES string of the molecule is CC(C)(C)[C@@H]1CC(=O)O[C@@H]2C[C@H]2CCCCCc2c(nc3ccccc3c2OCCN2CCOCC2)O[C@@H]2C[C@@H](C(=O)O)N(C2)C1=O. The van der Waals surface area contributed by atoms with Crippen molar-refractivity contribution in [3.8, 4) is 11.6 Å². The minimum Gasteiger partial charge on any atom is -0.491 e. The van der Waals surface area contributed by atoms with Crippen molar-refractivity contribution >= 4 is 28.7 Å². The number of carboxylic acid groups (broad SMARTS) is 1. The zero-order chi connectivity index (χ0) is 33.1. The molecular formula is C36H49N3O8. The van der Waals surface area contributed by atoms with E-state index in [4.69, 9.17) is 23.9 Å². The van der Waals surface area contributed by atoms with Crippen LogP contribution in [0.4, 0.5) is 0 Å². The highest BCUT2D eigenvalue weighted by atomic mass is 16.5. The van der Waals surface area contributed by atoms with Crippen molar-refractivity contribution in [3.63, 3.8) is 0 Å². The molecule has 256 valence electrons. The number of fused-ring (bicyclic) bond motifs is 5. The number of carbonyl (C=O) groups is 3. The lowest BCUT2D eigenvalue weighted by atomic mass is 9.77. The van der Waals surface area contributed by atoms with E-state index in [0.29, 0.717) is 24.8 Å². The van der Waals surface area contributed by atoms with E-state index in [0.717, 1.165) is 87.2 Å². The van der Waals surface area contributed by atoms with Crippen LogP contribution in [-0.4, -0.2) is 102 Å². The zero-order valence-electron chi connectivity index (χ0n) is 27.9. The number of ether oxygens (including phenoxy) is 4. The highest BCUT2D eigenvalue weighted by Gasteiger charge is 2.47. The maximum atomic E-state index is 14.1. The van der Waals surface area contributed by atoms with Crippen LogP contribution >= 0.6 is 0 Å². The van der Waals surface area contributed by atoms with Crippen molar-refractivity contribution < 1.29 is 38.4 Å². The first kappa shape index (κ1) is 33.5. The van der Waals surface area contributed by atoms with Gasteiger partial charge < -0.3 is 29.0 Å². The molecule has 0 radical (unpaired) electrons. The fourth-order valence-corrected chi connectivity index (χ4v) is 7.20. The van der Waals surface area contributed by atoms with Gasteiger partial charge in [0.2, 0.25) is 11.8 Å². The first-order valence-corrected chi connectivity index (χ1v) is 17.3. The van der Waals surface area contributed by atoms with Gasteiger partial charge in [0.15, 0.2) is 0 Å². The molecule has 5 atom stereocenters. The largest absolute Gasteiger partial charge is 0.491 e. The van der Waals surface area contributed by atoms with E-state index in [1.165, 1.54) is 4.90 Å². The first-order valence-electron chi connectivity index (χ1n) is 17.3. The Balaban J connectivity index is 1.32. The quantitative estimate of drug-likeness (QED) is 0.463. The number of esters is 1. The third kappa shape index (κ3) is 8.00. The number of pyridine rings is 1. The van der Waals surface area contributed by atoms with Gasteiger partial charge in [-0.15, -0.1) is 0 Å². The fourth-order valence-electron chi connectivity index (χ4n) is 7.20. The van der Waals surface area contributed by atoms with Crippen LogP contribution in [-0.2, 0) is 30.3 Å². The van der Waals surface area contributed by atoms with Crippen LogP contribution in [0.25, 0.3) is 10.9 Å². The minimum absolute atomic E-state index is 0.0819. The van der Waals surface area contributed by atoms with Crippen LogP contribution in [0, 0.1) is 17.3 Å². The third-order valence-corrected chi connectivity index (χ3v) is 10.1. The number of carbonyl (C=O) groups excluding carboxylic acids is 2. The van der Waals surface area contributed by atoms with Gasteiger partial charge in [-0.2, -0.15) is 0 Å². The van der Waals surface area contributed by atoms with E-state index in [2.05, 4.69) is 4.90 Å². The smallest absolute Gasteiger partial charge is 0.326 e. The Morgan fingerprint density at radius 1 is 1.06 bits per heavy atom. The van der Waals surface area contributed by atoms with Gasteiger partial charge in [-0.3, -0.25) is 14.5 Å². The summed E-state index contributed by atoms with van der Waals surface area (Å²) in [6.07, 6.45) is 4.78. The normalized spacial score (nSPS) is 28.0. The van der Waals surface area contributed by atoms with Gasteiger partial charge in [0, 0.05) is 31.4 Å². The van der Waals surface area contributed by atoms with Gasteiger partial charge in [-0.1, -0.05) is 45.7 Å². The molecule has 47 heavy (non-hydrogen) atoms. The van der Waals surface area contributed by atoms with E-state index in [-0.39, 0.29) is 31.4 Å².